The lowest BCUT2D eigenvalue weighted by Crippen LogP contribution is -2.36. The molecule has 1 aromatic heterocycles. The van der Waals surface area contributed by atoms with E-state index in [1.54, 1.807) is 36.4 Å². The fourth-order valence-electron chi connectivity index (χ4n) is 3.59. The van der Waals surface area contributed by atoms with E-state index in [4.69, 9.17) is 17.3 Å². The third kappa shape index (κ3) is 4.11. The number of nitrogens with two attached hydrogens (primary N) is 1. The summed E-state index contributed by atoms with van der Waals surface area (Å²) >= 11 is 5.90. The van der Waals surface area contributed by atoms with Crippen LogP contribution in [0, 0.1) is 5.92 Å². The number of carbonyl (C=O) groups excluding carboxylic acids is 1. The molecule has 0 spiro atoms. The maximum absolute atomic E-state index is 13.0. The van der Waals surface area contributed by atoms with Gasteiger partial charge in [0.1, 0.15) is 11.1 Å². The van der Waals surface area contributed by atoms with E-state index in [1.807, 2.05) is 6.07 Å². The molecule has 0 fully saturated rings. The van der Waals surface area contributed by atoms with Gasteiger partial charge in [0, 0.05) is 6.20 Å². The van der Waals surface area contributed by atoms with Crippen molar-refractivity contribution in [2.45, 2.75) is 12.2 Å². The summed E-state index contributed by atoms with van der Waals surface area (Å²) in [6, 6.07) is 16.2. The number of benzene rings is 2. The first-order valence-electron chi connectivity index (χ1n) is 9.27. The number of hydrogen-bond donors (Lipinski definition) is 1. The second-order valence-corrected chi connectivity index (χ2v) is 7.37. The van der Waals surface area contributed by atoms with Crippen LogP contribution in [0.5, 0.6) is 0 Å². The average molecular weight is 445 g/mol. The fraction of sp³-hybridized carbons (Fsp3) is 0.136. The van der Waals surface area contributed by atoms with Gasteiger partial charge in [-0.05, 0) is 41.5 Å². The number of nitrogens with zero attached hydrogens (tertiary/aromatic N) is 3. The second-order valence-electron chi connectivity index (χ2n) is 6.98. The van der Waals surface area contributed by atoms with Crippen molar-refractivity contribution in [3.8, 4) is 0 Å². The maximum atomic E-state index is 13.0. The van der Waals surface area contributed by atoms with E-state index in [2.05, 4.69) is 10.1 Å². The molecule has 9 heteroatoms. The number of pyridine rings is 1. The molecule has 0 bridgehead atoms. The number of anilines is 1. The van der Waals surface area contributed by atoms with Crippen LogP contribution in [-0.2, 0) is 11.0 Å². The summed E-state index contributed by atoms with van der Waals surface area (Å²) < 4.78 is 39.0. The summed E-state index contributed by atoms with van der Waals surface area (Å²) in [6.45, 7) is 0. The Morgan fingerprint density at radius 2 is 1.68 bits per heavy atom. The van der Waals surface area contributed by atoms with Gasteiger partial charge in [0.05, 0.1) is 23.0 Å². The van der Waals surface area contributed by atoms with Gasteiger partial charge in [0.2, 0.25) is 5.91 Å². The zero-order valence-electron chi connectivity index (χ0n) is 15.9. The molecule has 3 aromatic rings. The lowest BCUT2D eigenvalue weighted by Gasteiger charge is -2.27. The minimum Gasteiger partial charge on any atom is -0.369 e. The van der Waals surface area contributed by atoms with Crippen LogP contribution in [0.3, 0.4) is 0 Å². The van der Waals surface area contributed by atoms with Gasteiger partial charge >= 0.3 is 6.18 Å². The topological polar surface area (TPSA) is 71.6 Å². The van der Waals surface area contributed by atoms with Crippen LogP contribution in [0.1, 0.15) is 22.7 Å². The molecule has 2 atom stereocenters. The zero-order chi connectivity index (χ0) is 22.2. The molecule has 31 heavy (non-hydrogen) atoms. The number of aromatic nitrogens is 1. The Balaban J connectivity index is 1.85. The predicted molar refractivity (Wildman–Crippen MR) is 112 cm³/mol. The van der Waals surface area contributed by atoms with Crippen LogP contribution in [-0.4, -0.2) is 16.6 Å². The predicted octanol–water partition coefficient (Wildman–Crippen LogP) is 4.82. The number of rotatable bonds is 4. The zero-order valence-corrected chi connectivity index (χ0v) is 16.7. The summed E-state index contributed by atoms with van der Waals surface area (Å²) in [5, 5.41) is 6.38. The average Bonchev–Trinajstić information content (AvgIpc) is 3.15. The van der Waals surface area contributed by atoms with Gasteiger partial charge in [-0.15, -0.1) is 0 Å². The molecule has 0 radical (unpaired) electrons. The largest absolute Gasteiger partial charge is 0.416 e. The Morgan fingerprint density at radius 3 is 2.23 bits per heavy atom. The summed E-state index contributed by atoms with van der Waals surface area (Å²) in [5.74, 6) is -1.47. The summed E-state index contributed by atoms with van der Waals surface area (Å²) in [4.78, 5) is 16.6. The number of hydrogen-bond acceptors (Lipinski definition) is 4. The van der Waals surface area contributed by atoms with Crippen LogP contribution in [0.25, 0.3) is 0 Å². The van der Waals surface area contributed by atoms with E-state index in [-0.39, 0.29) is 5.15 Å². The van der Waals surface area contributed by atoms with E-state index in [0.29, 0.717) is 22.5 Å². The quantitative estimate of drug-likeness (QED) is 0.586. The van der Waals surface area contributed by atoms with E-state index < -0.39 is 29.6 Å². The van der Waals surface area contributed by atoms with E-state index >= 15 is 0 Å². The summed E-state index contributed by atoms with van der Waals surface area (Å²) in [5.41, 5.74) is 7.08. The normalized spacial score (nSPS) is 18.7. The number of hydrazone groups is 1. The van der Waals surface area contributed by atoms with Crippen LogP contribution in [0.4, 0.5) is 18.9 Å². The van der Waals surface area contributed by atoms with E-state index in [9.17, 15) is 18.0 Å². The molecule has 0 aliphatic carbocycles. The van der Waals surface area contributed by atoms with Crippen LogP contribution >= 0.6 is 11.6 Å². The van der Waals surface area contributed by atoms with Crippen molar-refractivity contribution in [1.29, 1.82) is 0 Å². The van der Waals surface area contributed by atoms with E-state index in [1.165, 1.54) is 23.3 Å². The van der Waals surface area contributed by atoms with Gasteiger partial charge in [0.15, 0.2) is 0 Å². The van der Waals surface area contributed by atoms with Gasteiger partial charge in [-0.1, -0.05) is 48.0 Å². The number of alkyl halides is 3. The molecule has 2 N–H and O–H groups in total. The highest BCUT2D eigenvalue weighted by molar-refractivity contribution is 6.29. The smallest absolute Gasteiger partial charge is 0.369 e. The Bertz CT molecular complexity index is 1120. The Kier molecular flexibility index (Phi) is 5.41. The van der Waals surface area contributed by atoms with Crippen molar-refractivity contribution < 1.29 is 18.0 Å². The van der Waals surface area contributed by atoms with Crippen LogP contribution in [0.15, 0.2) is 78.0 Å². The standard InChI is InChI=1S/C22H16ClF3N4O/c23-17-11-6-14(12-28-17)20-18(21(27)31)19(13-4-2-1-3-5-13)29-30(20)16-9-7-15(8-10-16)22(24,25)26/h1-12,18,20H,(H2,27,31). The van der Waals surface area contributed by atoms with Gasteiger partial charge in [-0.2, -0.15) is 18.3 Å². The first-order chi connectivity index (χ1) is 14.8. The molecule has 0 saturated carbocycles. The molecule has 2 unspecified atom stereocenters. The molecule has 1 amide bonds. The number of primary amides is 1. The molecule has 2 aromatic carbocycles. The highest BCUT2D eigenvalue weighted by Gasteiger charge is 2.43. The highest BCUT2D eigenvalue weighted by Crippen LogP contribution is 2.41. The molecular weight excluding hydrogens is 429 g/mol. The van der Waals surface area contributed by atoms with Gasteiger partial charge < -0.3 is 5.73 Å². The first-order valence-corrected chi connectivity index (χ1v) is 9.64. The molecule has 5 nitrogen and oxygen atoms in total. The molecular formula is C22H16ClF3N4O. The van der Waals surface area contributed by atoms with Crippen molar-refractivity contribution >= 4 is 28.9 Å². The summed E-state index contributed by atoms with van der Waals surface area (Å²) in [6.07, 6.45) is -2.96. The Hall–Kier alpha value is -3.39. The molecule has 1 aliphatic rings. The molecule has 0 saturated heterocycles. The minimum absolute atomic E-state index is 0.266. The number of amides is 1. The SMILES string of the molecule is NC(=O)C1C(c2ccccc2)=NN(c2ccc(C(F)(F)F)cc2)C1c1ccc(Cl)nc1. The molecule has 2 heterocycles. The van der Waals surface area contributed by atoms with Crippen molar-refractivity contribution in [2.24, 2.45) is 16.8 Å². The third-order valence-corrected chi connectivity index (χ3v) is 5.24. The Labute approximate surface area is 181 Å². The van der Waals surface area contributed by atoms with Crippen molar-refractivity contribution in [3.63, 3.8) is 0 Å². The molecule has 158 valence electrons. The third-order valence-electron chi connectivity index (χ3n) is 5.02. The van der Waals surface area contributed by atoms with Gasteiger partial charge in [-0.3, -0.25) is 9.80 Å². The van der Waals surface area contributed by atoms with Gasteiger partial charge in [0.25, 0.3) is 0 Å². The minimum atomic E-state index is -4.46. The number of halogens is 4. The summed E-state index contributed by atoms with van der Waals surface area (Å²) in [7, 11) is 0. The Morgan fingerprint density at radius 1 is 1.00 bits per heavy atom. The molecule has 4 rings (SSSR count). The van der Waals surface area contributed by atoms with Crippen molar-refractivity contribution in [2.75, 3.05) is 5.01 Å². The second kappa shape index (κ2) is 8.03. The van der Waals surface area contributed by atoms with Crippen LogP contribution in [0.2, 0.25) is 5.15 Å². The fourth-order valence-corrected chi connectivity index (χ4v) is 3.70. The van der Waals surface area contributed by atoms with Crippen molar-refractivity contribution in [1.82, 2.24) is 4.98 Å². The van der Waals surface area contributed by atoms with E-state index in [0.717, 1.165) is 12.1 Å². The van der Waals surface area contributed by atoms with Gasteiger partial charge in [-0.25, -0.2) is 4.98 Å². The van der Waals surface area contributed by atoms with Crippen LogP contribution < -0.4 is 10.7 Å². The van der Waals surface area contributed by atoms with Crippen molar-refractivity contribution in [3.05, 3.63) is 94.8 Å². The maximum Gasteiger partial charge on any atom is 0.416 e. The lowest BCUT2D eigenvalue weighted by atomic mass is 9.87. The lowest BCUT2D eigenvalue weighted by molar-refractivity contribution is -0.137. The number of carbonyl (C=O) groups is 1. The first kappa shape index (κ1) is 20.9. The molecule has 1 aliphatic heterocycles. The monoisotopic (exact) mass is 444 g/mol. The highest BCUT2D eigenvalue weighted by atomic mass is 35.5.